The normalized spacial score (nSPS) is 11.1. The van der Waals surface area contributed by atoms with Crippen molar-refractivity contribution in [1.82, 2.24) is 9.38 Å². The average Bonchev–Trinajstić information content (AvgIpc) is 3.11. The number of hydrogen-bond donors (Lipinski definition) is 1. The van der Waals surface area contributed by atoms with Crippen molar-refractivity contribution in [3.8, 4) is 0 Å². The van der Waals surface area contributed by atoms with Crippen LogP contribution in [0.4, 0.5) is 5.82 Å². The molecule has 1 aromatic carbocycles. The van der Waals surface area contributed by atoms with Crippen molar-refractivity contribution in [2.75, 3.05) is 5.32 Å². The van der Waals surface area contributed by atoms with Gasteiger partial charge >= 0.3 is 0 Å². The minimum absolute atomic E-state index is 0.188. The summed E-state index contributed by atoms with van der Waals surface area (Å²) in [6.45, 7) is 1.87. The van der Waals surface area contributed by atoms with Crippen molar-refractivity contribution in [2.24, 2.45) is 0 Å². The second-order valence-electron chi connectivity index (χ2n) is 5.10. The molecule has 4 rings (SSSR count). The Morgan fingerprint density at radius 2 is 2.14 bits per heavy atom. The van der Waals surface area contributed by atoms with Gasteiger partial charge in [0.1, 0.15) is 17.0 Å². The third kappa shape index (κ3) is 1.95. The summed E-state index contributed by atoms with van der Waals surface area (Å²) in [5, 5.41) is 3.90. The predicted octanol–water partition coefficient (Wildman–Crippen LogP) is 3.64. The largest absolute Gasteiger partial charge is 0.464 e. The molecule has 0 fully saturated rings. The zero-order chi connectivity index (χ0) is 15.1. The lowest BCUT2D eigenvalue weighted by Gasteiger charge is -2.06. The second-order valence-corrected chi connectivity index (χ2v) is 5.10. The molecular formula is C17H13N3O2. The minimum atomic E-state index is -0.188. The Balaban J connectivity index is 1.72. The first-order valence-corrected chi connectivity index (χ1v) is 6.95. The standard InChI is InChI=1S/C17H13N3O2/c1-11-16(20-8-3-2-4-15(20)18-11)19-17(21)13-6-5-12-7-9-22-14(12)10-13/h2-10H,1H3,(H,19,21). The molecule has 108 valence electrons. The van der Waals surface area contributed by atoms with E-state index in [0.717, 1.165) is 16.7 Å². The summed E-state index contributed by atoms with van der Waals surface area (Å²) in [4.78, 5) is 16.9. The SMILES string of the molecule is Cc1nc2ccccn2c1NC(=O)c1ccc2ccoc2c1. The number of anilines is 1. The van der Waals surface area contributed by atoms with Gasteiger partial charge in [0.25, 0.3) is 5.91 Å². The smallest absolute Gasteiger partial charge is 0.256 e. The summed E-state index contributed by atoms with van der Waals surface area (Å²) in [5.41, 5.74) is 2.82. The molecule has 0 atom stereocenters. The van der Waals surface area contributed by atoms with Crippen LogP contribution in [0.5, 0.6) is 0 Å². The van der Waals surface area contributed by atoms with Gasteiger partial charge in [-0.15, -0.1) is 0 Å². The van der Waals surface area contributed by atoms with E-state index < -0.39 is 0 Å². The monoisotopic (exact) mass is 291 g/mol. The molecule has 3 aromatic heterocycles. The number of nitrogens with one attached hydrogen (secondary N) is 1. The number of nitrogens with zero attached hydrogens (tertiary/aromatic N) is 2. The zero-order valence-corrected chi connectivity index (χ0v) is 11.9. The van der Waals surface area contributed by atoms with Gasteiger partial charge in [0.2, 0.25) is 0 Å². The number of carbonyl (C=O) groups is 1. The first kappa shape index (κ1) is 12.6. The van der Waals surface area contributed by atoms with Crippen LogP contribution >= 0.6 is 0 Å². The van der Waals surface area contributed by atoms with Crippen molar-refractivity contribution in [2.45, 2.75) is 6.92 Å². The molecule has 22 heavy (non-hydrogen) atoms. The topological polar surface area (TPSA) is 59.5 Å². The van der Waals surface area contributed by atoms with Crippen molar-refractivity contribution in [3.05, 3.63) is 66.2 Å². The summed E-state index contributed by atoms with van der Waals surface area (Å²) in [6.07, 6.45) is 3.49. The molecule has 0 saturated heterocycles. The lowest BCUT2D eigenvalue weighted by molar-refractivity contribution is 0.102. The summed E-state index contributed by atoms with van der Waals surface area (Å²) >= 11 is 0. The molecular weight excluding hydrogens is 278 g/mol. The van der Waals surface area contributed by atoms with Crippen LogP contribution in [-0.4, -0.2) is 15.3 Å². The maximum absolute atomic E-state index is 12.5. The van der Waals surface area contributed by atoms with E-state index in [1.165, 1.54) is 0 Å². The summed E-state index contributed by atoms with van der Waals surface area (Å²) in [7, 11) is 0. The van der Waals surface area contributed by atoms with E-state index in [-0.39, 0.29) is 5.91 Å². The highest BCUT2D eigenvalue weighted by atomic mass is 16.3. The Hall–Kier alpha value is -3.08. The first-order chi connectivity index (χ1) is 10.7. The van der Waals surface area contributed by atoms with Gasteiger partial charge in [-0.2, -0.15) is 0 Å². The fraction of sp³-hybridized carbons (Fsp3) is 0.0588. The van der Waals surface area contributed by atoms with E-state index in [1.807, 2.05) is 47.9 Å². The lowest BCUT2D eigenvalue weighted by atomic mass is 10.1. The van der Waals surface area contributed by atoms with Gasteiger partial charge < -0.3 is 9.73 Å². The number of amides is 1. The number of rotatable bonds is 2. The Labute approximate surface area is 126 Å². The number of aryl methyl sites for hydroxylation is 1. The molecule has 1 amide bonds. The van der Waals surface area contributed by atoms with Gasteiger partial charge in [-0.1, -0.05) is 12.1 Å². The lowest BCUT2D eigenvalue weighted by Crippen LogP contribution is -2.14. The second kappa shape index (κ2) is 4.73. The molecule has 0 aliphatic rings. The van der Waals surface area contributed by atoms with Crippen molar-refractivity contribution < 1.29 is 9.21 Å². The third-order valence-electron chi connectivity index (χ3n) is 3.65. The Kier molecular flexibility index (Phi) is 2.72. The van der Waals surface area contributed by atoms with Gasteiger partial charge in [-0.3, -0.25) is 9.20 Å². The van der Waals surface area contributed by atoms with Crippen LogP contribution in [0.3, 0.4) is 0 Å². The molecule has 0 spiro atoms. The van der Waals surface area contributed by atoms with Crippen LogP contribution in [0.2, 0.25) is 0 Å². The summed E-state index contributed by atoms with van der Waals surface area (Å²) in [6, 6.07) is 13.0. The molecule has 5 heteroatoms. The van der Waals surface area contributed by atoms with Crippen molar-refractivity contribution >= 4 is 28.3 Å². The fourth-order valence-electron chi connectivity index (χ4n) is 2.54. The van der Waals surface area contributed by atoms with Gasteiger partial charge in [-0.05, 0) is 37.3 Å². The van der Waals surface area contributed by atoms with Crippen LogP contribution in [-0.2, 0) is 0 Å². The van der Waals surface area contributed by atoms with E-state index in [4.69, 9.17) is 4.42 Å². The number of pyridine rings is 1. The van der Waals surface area contributed by atoms with Crippen molar-refractivity contribution in [1.29, 1.82) is 0 Å². The Bertz CT molecular complexity index is 997. The van der Waals surface area contributed by atoms with Crippen LogP contribution < -0.4 is 5.32 Å². The number of carbonyl (C=O) groups excluding carboxylic acids is 1. The van der Waals surface area contributed by atoms with E-state index >= 15 is 0 Å². The molecule has 3 heterocycles. The number of aromatic nitrogens is 2. The summed E-state index contributed by atoms with van der Waals surface area (Å²) in [5.74, 6) is 0.493. The van der Waals surface area contributed by atoms with E-state index in [1.54, 1.807) is 18.4 Å². The number of benzene rings is 1. The molecule has 0 unspecified atom stereocenters. The van der Waals surface area contributed by atoms with Gasteiger partial charge in [-0.25, -0.2) is 4.98 Å². The highest BCUT2D eigenvalue weighted by molar-refractivity contribution is 6.06. The van der Waals surface area contributed by atoms with E-state index in [2.05, 4.69) is 10.3 Å². The maximum Gasteiger partial charge on any atom is 0.256 e. The van der Waals surface area contributed by atoms with Gasteiger partial charge in [0.05, 0.1) is 12.0 Å². The Morgan fingerprint density at radius 3 is 3.05 bits per heavy atom. The number of fused-ring (bicyclic) bond motifs is 2. The number of furan rings is 1. The summed E-state index contributed by atoms with van der Waals surface area (Å²) < 4.78 is 7.20. The molecule has 4 aromatic rings. The van der Waals surface area contributed by atoms with Crippen LogP contribution in [0.15, 0.2) is 59.3 Å². The molecule has 0 saturated carbocycles. The molecule has 0 bridgehead atoms. The molecule has 5 nitrogen and oxygen atoms in total. The van der Waals surface area contributed by atoms with Gasteiger partial charge in [0, 0.05) is 17.1 Å². The van der Waals surface area contributed by atoms with Crippen molar-refractivity contribution in [3.63, 3.8) is 0 Å². The quantitative estimate of drug-likeness (QED) is 0.613. The molecule has 1 N–H and O–H groups in total. The highest BCUT2D eigenvalue weighted by Gasteiger charge is 2.13. The number of imidazole rings is 1. The highest BCUT2D eigenvalue weighted by Crippen LogP contribution is 2.20. The Morgan fingerprint density at radius 1 is 1.23 bits per heavy atom. The maximum atomic E-state index is 12.5. The van der Waals surface area contributed by atoms with E-state index in [9.17, 15) is 4.79 Å². The predicted molar refractivity (Wildman–Crippen MR) is 84.1 cm³/mol. The number of hydrogen-bond acceptors (Lipinski definition) is 3. The fourth-order valence-corrected chi connectivity index (χ4v) is 2.54. The molecule has 0 aliphatic carbocycles. The average molecular weight is 291 g/mol. The van der Waals surface area contributed by atoms with Gasteiger partial charge in [0.15, 0.2) is 0 Å². The first-order valence-electron chi connectivity index (χ1n) is 6.95. The van der Waals surface area contributed by atoms with Crippen LogP contribution in [0.25, 0.3) is 16.6 Å². The molecule has 0 aliphatic heterocycles. The van der Waals surface area contributed by atoms with Crippen LogP contribution in [0, 0.1) is 6.92 Å². The molecule has 0 radical (unpaired) electrons. The van der Waals surface area contributed by atoms with E-state index in [0.29, 0.717) is 17.0 Å². The third-order valence-corrected chi connectivity index (χ3v) is 3.65. The zero-order valence-electron chi connectivity index (χ0n) is 11.9. The van der Waals surface area contributed by atoms with Crippen LogP contribution in [0.1, 0.15) is 16.1 Å². The minimum Gasteiger partial charge on any atom is -0.464 e.